The lowest BCUT2D eigenvalue weighted by atomic mass is 9.98. The van der Waals surface area contributed by atoms with Gasteiger partial charge in [0.2, 0.25) is 5.91 Å². The van der Waals surface area contributed by atoms with Crippen LogP contribution in [0.1, 0.15) is 54.4 Å². The van der Waals surface area contributed by atoms with Crippen LogP contribution in [-0.4, -0.2) is 38.2 Å². The highest BCUT2D eigenvalue weighted by Crippen LogP contribution is 2.20. The van der Waals surface area contributed by atoms with Crippen molar-refractivity contribution in [2.75, 3.05) is 20.2 Å². The number of guanidine groups is 1. The van der Waals surface area contributed by atoms with Crippen molar-refractivity contribution in [2.24, 2.45) is 10.7 Å². The van der Waals surface area contributed by atoms with E-state index in [1.54, 1.807) is 19.2 Å². The van der Waals surface area contributed by atoms with Gasteiger partial charge in [-0.1, -0.05) is 31.4 Å². The molecule has 0 aromatic heterocycles. The van der Waals surface area contributed by atoms with Crippen molar-refractivity contribution in [1.82, 2.24) is 10.6 Å². The molecule has 0 heterocycles. The van der Waals surface area contributed by atoms with E-state index in [0.29, 0.717) is 18.2 Å². The molecule has 0 saturated heterocycles. The van der Waals surface area contributed by atoms with Gasteiger partial charge in [-0.3, -0.25) is 9.79 Å². The standard InChI is InChI=1S/C19H30N4O2.HI/c1-21-19(22-11-6-12-25-17-9-3-2-4-10-17)23-14-15-7-5-8-16(13-15)18(20)24;/h5,7-8,13,17H,2-4,6,9-12,14H2,1H3,(H2,20,24)(H2,21,22,23);1H. The van der Waals surface area contributed by atoms with Crippen LogP contribution in [0.5, 0.6) is 0 Å². The molecular weight excluding hydrogens is 443 g/mol. The van der Waals surface area contributed by atoms with Crippen molar-refractivity contribution < 1.29 is 9.53 Å². The fraction of sp³-hybridized carbons (Fsp3) is 0.579. The predicted octanol–water partition coefficient (Wildman–Crippen LogP) is 2.81. The monoisotopic (exact) mass is 474 g/mol. The fourth-order valence-electron chi connectivity index (χ4n) is 3.00. The van der Waals surface area contributed by atoms with Crippen molar-refractivity contribution in [2.45, 2.75) is 51.2 Å². The third-order valence-corrected chi connectivity index (χ3v) is 4.41. The zero-order valence-electron chi connectivity index (χ0n) is 15.5. The van der Waals surface area contributed by atoms with E-state index in [2.05, 4.69) is 15.6 Å². The number of ether oxygens (including phenoxy) is 1. The maximum absolute atomic E-state index is 11.2. The molecule has 6 nitrogen and oxygen atoms in total. The van der Waals surface area contributed by atoms with Gasteiger partial charge in [0, 0.05) is 32.3 Å². The smallest absolute Gasteiger partial charge is 0.248 e. The lowest BCUT2D eigenvalue weighted by Gasteiger charge is -2.22. The third kappa shape index (κ3) is 8.35. The number of hydrogen-bond acceptors (Lipinski definition) is 3. The molecule has 1 fully saturated rings. The van der Waals surface area contributed by atoms with Gasteiger partial charge < -0.3 is 21.1 Å². The number of carbonyl (C=O) groups excluding carboxylic acids is 1. The zero-order valence-corrected chi connectivity index (χ0v) is 17.8. The van der Waals surface area contributed by atoms with Crippen LogP contribution in [0.4, 0.5) is 0 Å². The van der Waals surface area contributed by atoms with E-state index in [1.165, 1.54) is 32.1 Å². The quantitative estimate of drug-likeness (QED) is 0.234. The van der Waals surface area contributed by atoms with Crippen LogP contribution in [0.2, 0.25) is 0 Å². The van der Waals surface area contributed by atoms with Crippen molar-refractivity contribution in [3.05, 3.63) is 35.4 Å². The number of aliphatic imine (C=N–C) groups is 1. The normalized spacial score (nSPS) is 15.2. The Kier molecular flexibility index (Phi) is 11.3. The number of nitrogens with two attached hydrogens (primary N) is 1. The van der Waals surface area contributed by atoms with Gasteiger partial charge in [0.05, 0.1) is 6.10 Å². The summed E-state index contributed by atoms with van der Waals surface area (Å²) in [6, 6.07) is 7.28. The topological polar surface area (TPSA) is 88.7 Å². The Morgan fingerprint density at radius 1 is 1.27 bits per heavy atom. The van der Waals surface area contributed by atoms with Crippen LogP contribution in [-0.2, 0) is 11.3 Å². The van der Waals surface area contributed by atoms with Gasteiger partial charge in [-0.05, 0) is 37.0 Å². The molecule has 1 aliphatic carbocycles. The second kappa shape index (κ2) is 12.9. The Morgan fingerprint density at radius 3 is 2.73 bits per heavy atom. The summed E-state index contributed by atoms with van der Waals surface area (Å²) in [5.41, 5.74) is 6.81. The van der Waals surface area contributed by atoms with E-state index >= 15 is 0 Å². The molecule has 0 atom stereocenters. The molecule has 146 valence electrons. The van der Waals surface area contributed by atoms with Gasteiger partial charge in [0.15, 0.2) is 5.96 Å². The minimum Gasteiger partial charge on any atom is -0.378 e. The second-order valence-electron chi connectivity index (χ2n) is 6.40. The largest absolute Gasteiger partial charge is 0.378 e. The number of halogens is 1. The van der Waals surface area contributed by atoms with Gasteiger partial charge in [-0.2, -0.15) is 0 Å². The number of amides is 1. The van der Waals surface area contributed by atoms with Gasteiger partial charge >= 0.3 is 0 Å². The van der Waals surface area contributed by atoms with E-state index in [0.717, 1.165) is 31.1 Å². The highest BCUT2D eigenvalue weighted by Gasteiger charge is 2.12. The molecule has 4 N–H and O–H groups in total. The lowest BCUT2D eigenvalue weighted by molar-refractivity contribution is 0.0277. The summed E-state index contributed by atoms with van der Waals surface area (Å²) in [6.07, 6.45) is 7.79. The van der Waals surface area contributed by atoms with E-state index in [1.807, 2.05) is 12.1 Å². The molecule has 2 rings (SSSR count). The van der Waals surface area contributed by atoms with Crippen molar-refractivity contribution in [3.63, 3.8) is 0 Å². The van der Waals surface area contributed by atoms with Gasteiger partial charge in [0.25, 0.3) is 0 Å². The Hall–Kier alpha value is -1.35. The van der Waals surface area contributed by atoms with E-state index in [-0.39, 0.29) is 24.0 Å². The Balaban J connectivity index is 0.00000338. The van der Waals surface area contributed by atoms with Crippen molar-refractivity contribution in [3.8, 4) is 0 Å². The van der Waals surface area contributed by atoms with Crippen molar-refractivity contribution >= 4 is 35.8 Å². The number of nitrogens with zero attached hydrogens (tertiary/aromatic N) is 1. The summed E-state index contributed by atoms with van der Waals surface area (Å²) in [6.45, 7) is 2.18. The zero-order chi connectivity index (χ0) is 17.9. The summed E-state index contributed by atoms with van der Waals surface area (Å²) >= 11 is 0. The van der Waals surface area contributed by atoms with Crippen LogP contribution in [0.3, 0.4) is 0 Å². The Morgan fingerprint density at radius 2 is 2.04 bits per heavy atom. The highest BCUT2D eigenvalue weighted by atomic mass is 127. The first-order chi connectivity index (χ1) is 12.2. The average molecular weight is 474 g/mol. The Labute approximate surface area is 173 Å². The number of carbonyl (C=O) groups is 1. The van der Waals surface area contributed by atoms with Crippen LogP contribution in [0, 0.1) is 0 Å². The van der Waals surface area contributed by atoms with Gasteiger partial charge in [-0.15, -0.1) is 24.0 Å². The summed E-state index contributed by atoms with van der Waals surface area (Å²) in [7, 11) is 1.74. The third-order valence-electron chi connectivity index (χ3n) is 4.41. The molecule has 1 aliphatic rings. The van der Waals surface area contributed by atoms with E-state index in [4.69, 9.17) is 10.5 Å². The van der Waals surface area contributed by atoms with Crippen LogP contribution in [0.25, 0.3) is 0 Å². The number of benzene rings is 1. The fourth-order valence-corrected chi connectivity index (χ4v) is 3.00. The average Bonchev–Trinajstić information content (AvgIpc) is 2.65. The first-order valence-corrected chi connectivity index (χ1v) is 9.14. The van der Waals surface area contributed by atoms with Crippen LogP contribution >= 0.6 is 24.0 Å². The maximum atomic E-state index is 11.2. The molecule has 26 heavy (non-hydrogen) atoms. The molecular formula is C19H31IN4O2. The summed E-state index contributed by atoms with van der Waals surface area (Å²) in [5.74, 6) is 0.324. The minimum absolute atomic E-state index is 0. The number of hydrogen-bond donors (Lipinski definition) is 3. The van der Waals surface area contributed by atoms with E-state index in [9.17, 15) is 4.79 Å². The second-order valence-corrected chi connectivity index (χ2v) is 6.40. The van der Waals surface area contributed by atoms with Gasteiger partial charge in [0.1, 0.15) is 0 Å². The molecule has 1 aromatic carbocycles. The highest BCUT2D eigenvalue weighted by molar-refractivity contribution is 14.0. The SMILES string of the molecule is CN=C(NCCCOC1CCCCC1)NCc1cccc(C(N)=O)c1.I. The number of nitrogens with one attached hydrogen (secondary N) is 2. The molecule has 0 spiro atoms. The molecule has 0 unspecified atom stereocenters. The molecule has 7 heteroatoms. The van der Waals surface area contributed by atoms with Gasteiger partial charge in [-0.25, -0.2) is 0 Å². The van der Waals surface area contributed by atoms with Crippen LogP contribution < -0.4 is 16.4 Å². The number of primary amides is 1. The Bertz CT molecular complexity index is 574. The molecule has 1 aromatic rings. The molecule has 0 bridgehead atoms. The molecule has 1 saturated carbocycles. The molecule has 1 amide bonds. The van der Waals surface area contributed by atoms with Crippen molar-refractivity contribution in [1.29, 1.82) is 0 Å². The lowest BCUT2D eigenvalue weighted by Crippen LogP contribution is -2.37. The van der Waals surface area contributed by atoms with E-state index < -0.39 is 5.91 Å². The molecule has 0 radical (unpaired) electrons. The van der Waals surface area contributed by atoms with Crippen LogP contribution in [0.15, 0.2) is 29.3 Å². The maximum Gasteiger partial charge on any atom is 0.248 e. The first-order valence-electron chi connectivity index (χ1n) is 9.14. The minimum atomic E-state index is -0.415. The summed E-state index contributed by atoms with van der Waals surface area (Å²) in [4.78, 5) is 15.4. The molecule has 0 aliphatic heterocycles. The summed E-state index contributed by atoms with van der Waals surface area (Å²) in [5, 5.41) is 6.52. The first kappa shape index (κ1) is 22.7. The number of rotatable bonds is 8. The predicted molar refractivity (Wildman–Crippen MR) is 116 cm³/mol. The summed E-state index contributed by atoms with van der Waals surface area (Å²) < 4.78 is 5.92.